The van der Waals surface area contributed by atoms with Gasteiger partial charge in [-0.15, -0.1) is 0 Å². The van der Waals surface area contributed by atoms with Crippen molar-refractivity contribution < 1.29 is 28.7 Å². The fourth-order valence-electron chi connectivity index (χ4n) is 3.83. The summed E-state index contributed by atoms with van der Waals surface area (Å²) >= 11 is 0. The molecule has 0 bridgehead atoms. The average molecular weight is 423 g/mol. The molecule has 9 heteroatoms. The first-order chi connectivity index (χ1) is 14.7. The number of carbonyl (C=O) groups is 4. The van der Waals surface area contributed by atoms with E-state index in [9.17, 15) is 19.2 Å². The van der Waals surface area contributed by atoms with Gasteiger partial charge in [-0.05, 0) is 38.0 Å². The first kappa shape index (κ1) is 20.4. The number of carbonyl (C=O) groups excluding carboxylic acids is 4. The van der Waals surface area contributed by atoms with E-state index in [4.69, 9.17) is 9.47 Å². The number of imide groups is 1. The van der Waals surface area contributed by atoms with Gasteiger partial charge < -0.3 is 20.1 Å². The molecule has 0 aliphatic carbocycles. The lowest BCUT2D eigenvalue weighted by atomic mass is 9.88. The van der Waals surface area contributed by atoms with E-state index in [0.29, 0.717) is 17.1 Å². The molecule has 2 aromatic rings. The topological polar surface area (TPSA) is 114 Å². The molecule has 2 N–H and O–H groups in total. The second kappa shape index (κ2) is 7.42. The minimum absolute atomic E-state index is 0.0179. The van der Waals surface area contributed by atoms with Crippen LogP contribution in [0.5, 0.6) is 11.5 Å². The van der Waals surface area contributed by atoms with E-state index in [1.807, 2.05) is 19.1 Å². The van der Waals surface area contributed by atoms with Crippen LogP contribution in [0.15, 0.2) is 36.4 Å². The predicted octanol–water partition coefficient (Wildman–Crippen LogP) is 2.33. The molecule has 9 nitrogen and oxygen atoms in total. The Hall–Kier alpha value is -3.88. The highest BCUT2D eigenvalue weighted by molar-refractivity contribution is 6.11. The van der Waals surface area contributed by atoms with Gasteiger partial charge in [-0.2, -0.15) is 0 Å². The summed E-state index contributed by atoms with van der Waals surface area (Å²) in [5.74, 6) is -0.636. The lowest BCUT2D eigenvalue weighted by Crippen LogP contribution is -2.42. The summed E-state index contributed by atoms with van der Waals surface area (Å²) in [7, 11) is 0. The van der Waals surface area contributed by atoms with Crippen molar-refractivity contribution in [2.75, 3.05) is 18.7 Å². The smallest absolute Gasteiger partial charge is 0.325 e. The van der Waals surface area contributed by atoms with Crippen LogP contribution in [0.4, 0.5) is 10.5 Å². The maximum absolute atomic E-state index is 13.1. The van der Waals surface area contributed by atoms with Gasteiger partial charge in [-0.1, -0.05) is 24.3 Å². The van der Waals surface area contributed by atoms with E-state index in [-0.39, 0.29) is 23.8 Å². The van der Waals surface area contributed by atoms with Gasteiger partial charge in [0.2, 0.25) is 12.7 Å². The highest BCUT2D eigenvalue weighted by Crippen LogP contribution is 2.37. The summed E-state index contributed by atoms with van der Waals surface area (Å²) in [6.45, 7) is 4.33. The van der Waals surface area contributed by atoms with Gasteiger partial charge in [0.25, 0.3) is 5.91 Å². The average Bonchev–Trinajstić information content (AvgIpc) is 3.25. The van der Waals surface area contributed by atoms with Crippen molar-refractivity contribution in [1.29, 1.82) is 0 Å². The van der Waals surface area contributed by atoms with Gasteiger partial charge in [0.1, 0.15) is 12.1 Å². The number of benzene rings is 2. The van der Waals surface area contributed by atoms with Crippen molar-refractivity contribution in [3.05, 3.63) is 53.1 Å². The predicted molar refractivity (Wildman–Crippen MR) is 110 cm³/mol. The number of amides is 4. The Morgan fingerprint density at radius 3 is 2.52 bits per heavy atom. The molecular weight excluding hydrogens is 402 g/mol. The van der Waals surface area contributed by atoms with Crippen molar-refractivity contribution in [3.63, 3.8) is 0 Å². The summed E-state index contributed by atoms with van der Waals surface area (Å²) in [4.78, 5) is 51.1. The number of aryl methyl sites for hydroxylation is 1. The van der Waals surface area contributed by atoms with Crippen LogP contribution >= 0.6 is 0 Å². The molecule has 4 amide bonds. The molecule has 31 heavy (non-hydrogen) atoms. The zero-order chi connectivity index (χ0) is 22.3. The zero-order valence-electron chi connectivity index (χ0n) is 17.3. The molecule has 2 aliphatic rings. The highest BCUT2D eigenvalue weighted by Gasteiger charge is 2.50. The van der Waals surface area contributed by atoms with E-state index in [1.165, 1.54) is 19.1 Å². The number of urea groups is 1. The van der Waals surface area contributed by atoms with Crippen molar-refractivity contribution in [1.82, 2.24) is 10.2 Å². The molecule has 1 saturated heterocycles. The third kappa shape index (κ3) is 3.48. The molecule has 2 heterocycles. The van der Waals surface area contributed by atoms with Crippen LogP contribution in [0.25, 0.3) is 0 Å². The van der Waals surface area contributed by atoms with Gasteiger partial charge in [-0.25, -0.2) is 4.79 Å². The largest absolute Gasteiger partial charge is 0.454 e. The van der Waals surface area contributed by atoms with Crippen LogP contribution < -0.4 is 20.1 Å². The summed E-state index contributed by atoms with van der Waals surface area (Å²) in [6, 6.07) is 9.55. The SMILES string of the molecule is CC(=O)c1cc2c(cc1NC(=O)CN1C(=O)NC(C)(c3ccccc3C)C1=O)OCO2. The Labute approximate surface area is 178 Å². The molecule has 1 unspecified atom stereocenters. The normalized spacial score (nSPS) is 19.4. The maximum atomic E-state index is 13.1. The Bertz CT molecular complexity index is 1130. The number of hydrogen-bond donors (Lipinski definition) is 2. The summed E-state index contributed by atoms with van der Waals surface area (Å²) in [5, 5.41) is 5.29. The van der Waals surface area contributed by atoms with E-state index in [2.05, 4.69) is 10.6 Å². The molecule has 160 valence electrons. The molecular formula is C22H21N3O6. The molecule has 4 rings (SSSR count). The third-order valence-electron chi connectivity index (χ3n) is 5.43. The number of nitrogens with one attached hydrogen (secondary N) is 2. The van der Waals surface area contributed by atoms with E-state index in [1.54, 1.807) is 19.1 Å². The Morgan fingerprint density at radius 1 is 1.16 bits per heavy atom. The number of hydrogen-bond acceptors (Lipinski definition) is 6. The van der Waals surface area contributed by atoms with E-state index >= 15 is 0 Å². The maximum Gasteiger partial charge on any atom is 0.325 e. The number of nitrogens with zero attached hydrogens (tertiary/aromatic N) is 1. The summed E-state index contributed by atoms with van der Waals surface area (Å²) in [6.07, 6.45) is 0. The molecule has 0 spiro atoms. The standard InChI is InChI=1S/C22H21N3O6/c1-12-6-4-5-7-15(12)22(3)20(28)25(21(29)24-22)10-19(27)23-16-9-18-17(30-11-31-18)8-14(16)13(2)26/h4-9H,10-11H2,1-3H3,(H,23,27)(H,24,29). The summed E-state index contributed by atoms with van der Waals surface area (Å²) < 4.78 is 10.6. The minimum atomic E-state index is -1.27. The van der Waals surface area contributed by atoms with Crippen molar-refractivity contribution >= 4 is 29.3 Å². The van der Waals surface area contributed by atoms with Crippen LogP contribution in [0.3, 0.4) is 0 Å². The molecule has 0 radical (unpaired) electrons. The van der Waals surface area contributed by atoms with Gasteiger partial charge in [0.15, 0.2) is 17.3 Å². The number of ketones is 1. The first-order valence-electron chi connectivity index (χ1n) is 9.65. The molecule has 2 aliphatic heterocycles. The number of anilines is 1. The van der Waals surface area contributed by atoms with Gasteiger partial charge in [-0.3, -0.25) is 19.3 Å². The fraction of sp³-hybridized carbons (Fsp3) is 0.273. The number of ether oxygens (including phenoxy) is 2. The molecule has 0 saturated carbocycles. The Morgan fingerprint density at radius 2 is 1.84 bits per heavy atom. The monoisotopic (exact) mass is 423 g/mol. The zero-order valence-corrected chi connectivity index (χ0v) is 17.3. The second-order valence-corrected chi connectivity index (χ2v) is 7.62. The van der Waals surface area contributed by atoms with Crippen molar-refractivity contribution in [3.8, 4) is 11.5 Å². The summed E-state index contributed by atoms with van der Waals surface area (Å²) in [5.41, 5.74) is 0.684. The number of Topliss-reactive ketones (excluding diaryl/α,β-unsaturated/α-hetero) is 1. The fourth-order valence-corrected chi connectivity index (χ4v) is 3.83. The van der Waals surface area contributed by atoms with Crippen LogP contribution in [0, 0.1) is 6.92 Å². The molecule has 2 aromatic carbocycles. The van der Waals surface area contributed by atoms with Crippen LogP contribution in [0.2, 0.25) is 0 Å². The molecule has 1 fully saturated rings. The van der Waals surface area contributed by atoms with Crippen LogP contribution in [-0.4, -0.2) is 41.9 Å². The van der Waals surface area contributed by atoms with Crippen LogP contribution in [-0.2, 0) is 15.1 Å². The van der Waals surface area contributed by atoms with Gasteiger partial charge >= 0.3 is 6.03 Å². The molecule has 1 atom stereocenters. The van der Waals surface area contributed by atoms with E-state index in [0.717, 1.165) is 10.5 Å². The lowest BCUT2D eigenvalue weighted by molar-refractivity contribution is -0.133. The van der Waals surface area contributed by atoms with Gasteiger partial charge in [0.05, 0.1) is 5.69 Å². The first-order valence-corrected chi connectivity index (χ1v) is 9.65. The highest BCUT2D eigenvalue weighted by atomic mass is 16.7. The second-order valence-electron chi connectivity index (χ2n) is 7.62. The Kier molecular flexibility index (Phi) is 4.88. The van der Waals surface area contributed by atoms with Crippen molar-refractivity contribution in [2.24, 2.45) is 0 Å². The number of fused-ring (bicyclic) bond motifs is 1. The van der Waals surface area contributed by atoms with Gasteiger partial charge in [0, 0.05) is 11.6 Å². The van der Waals surface area contributed by atoms with E-state index < -0.39 is 29.9 Å². The van der Waals surface area contributed by atoms with Crippen molar-refractivity contribution in [2.45, 2.75) is 26.3 Å². The minimum Gasteiger partial charge on any atom is -0.454 e. The molecule has 0 aromatic heterocycles. The number of rotatable bonds is 5. The Balaban J connectivity index is 1.55. The van der Waals surface area contributed by atoms with Crippen LogP contribution in [0.1, 0.15) is 35.3 Å². The lowest BCUT2D eigenvalue weighted by Gasteiger charge is -2.24. The quantitative estimate of drug-likeness (QED) is 0.564. The third-order valence-corrected chi connectivity index (χ3v) is 5.43.